The first-order chi connectivity index (χ1) is 11.8. The summed E-state index contributed by atoms with van der Waals surface area (Å²) < 4.78 is 5.35. The predicted octanol–water partition coefficient (Wildman–Crippen LogP) is 2.49. The molecule has 7 heteroatoms. The Balaban J connectivity index is 1.45. The highest BCUT2D eigenvalue weighted by Gasteiger charge is 2.09. The van der Waals surface area contributed by atoms with Crippen molar-refractivity contribution in [2.45, 2.75) is 6.54 Å². The number of rotatable bonds is 7. The molecule has 6 nitrogen and oxygen atoms in total. The largest absolute Gasteiger partial charge is 0.379 e. The SMILES string of the molecule is Clc1ccc(CNc2nccc(NCCN3CCOCC3)n2)cc1. The molecule has 0 spiro atoms. The number of nitrogens with zero attached hydrogens (tertiary/aromatic N) is 3. The second kappa shape index (κ2) is 8.82. The number of anilines is 2. The number of aromatic nitrogens is 2. The lowest BCUT2D eigenvalue weighted by Gasteiger charge is -2.26. The van der Waals surface area contributed by atoms with Gasteiger partial charge in [-0.3, -0.25) is 4.90 Å². The number of hydrogen-bond acceptors (Lipinski definition) is 6. The molecule has 0 aliphatic carbocycles. The first-order valence-corrected chi connectivity index (χ1v) is 8.53. The third kappa shape index (κ3) is 5.33. The number of benzene rings is 1. The lowest BCUT2D eigenvalue weighted by atomic mass is 10.2. The van der Waals surface area contributed by atoms with E-state index in [1.54, 1.807) is 6.20 Å². The quantitative estimate of drug-likeness (QED) is 0.802. The molecule has 2 heterocycles. The van der Waals surface area contributed by atoms with E-state index in [9.17, 15) is 0 Å². The maximum absolute atomic E-state index is 5.89. The number of ether oxygens (including phenoxy) is 1. The third-order valence-electron chi connectivity index (χ3n) is 3.86. The topological polar surface area (TPSA) is 62.3 Å². The molecule has 1 aromatic carbocycles. The number of morpholine rings is 1. The van der Waals surface area contributed by atoms with Crippen LogP contribution in [0.3, 0.4) is 0 Å². The molecule has 0 atom stereocenters. The fraction of sp³-hybridized carbons (Fsp3) is 0.412. The standard InChI is InChI=1S/C17H22ClN5O/c18-15-3-1-14(2-4-15)13-21-17-20-6-5-16(22-17)19-7-8-23-9-11-24-12-10-23/h1-6H,7-13H2,(H2,19,20,21,22). The van der Waals surface area contributed by atoms with Gasteiger partial charge in [0, 0.05) is 43.9 Å². The van der Waals surface area contributed by atoms with Crippen LogP contribution in [0.15, 0.2) is 36.5 Å². The molecule has 1 aliphatic rings. The van der Waals surface area contributed by atoms with Crippen molar-refractivity contribution in [2.75, 3.05) is 50.0 Å². The summed E-state index contributed by atoms with van der Waals surface area (Å²) in [4.78, 5) is 11.1. The van der Waals surface area contributed by atoms with E-state index in [0.717, 1.165) is 55.8 Å². The van der Waals surface area contributed by atoms with E-state index < -0.39 is 0 Å². The van der Waals surface area contributed by atoms with Crippen molar-refractivity contribution in [3.05, 3.63) is 47.1 Å². The molecule has 2 N–H and O–H groups in total. The lowest BCUT2D eigenvalue weighted by molar-refractivity contribution is 0.0398. The van der Waals surface area contributed by atoms with Crippen molar-refractivity contribution in [3.63, 3.8) is 0 Å². The van der Waals surface area contributed by atoms with Crippen LogP contribution in [-0.2, 0) is 11.3 Å². The van der Waals surface area contributed by atoms with Gasteiger partial charge in [-0.15, -0.1) is 0 Å². The molecular weight excluding hydrogens is 326 g/mol. The maximum atomic E-state index is 5.89. The normalized spacial score (nSPS) is 15.2. The van der Waals surface area contributed by atoms with Gasteiger partial charge in [0.1, 0.15) is 5.82 Å². The molecule has 1 aromatic heterocycles. The molecule has 1 fully saturated rings. The maximum Gasteiger partial charge on any atom is 0.224 e. The molecule has 2 aromatic rings. The zero-order chi connectivity index (χ0) is 16.6. The van der Waals surface area contributed by atoms with E-state index in [1.165, 1.54) is 0 Å². The van der Waals surface area contributed by atoms with Crippen LogP contribution < -0.4 is 10.6 Å². The van der Waals surface area contributed by atoms with Gasteiger partial charge in [0.15, 0.2) is 0 Å². The third-order valence-corrected chi connectivity index (χ3v) is 4.11. The second-order valence-corrected chi connectivity index (χ2v) is 6.06. The monoisotopic (exact) mass is 347 g/mol. The van der Waals surface area contributed by atoms with E-state index in [0.29, 0.717) is 12.5 Å². The first-order valence-electron chi connectivity index (χ1n) is 8.15. The number of halogens is 1. The summed E-state index contributed by atoms with van der Waals surface area (Å²) >= 11 is 5.89. The number of nitrogens with one attached hydrogen (secondary N) is 2. The summed E-state index contributed by atoms with van der Waals surface area (Å²) in [5.41, 5.74) is 1.13. The molecule has 0 unspecified atom stereocenters. The minimum atomic E-state index is 0.612. The highest BCUT2D eigenvalue weighted by atomic mass is 35.5. The predicted molar refractivity (Wildman–Crippen MR) is 96.6 cm³/mol. The van der Waals surface area contributed by atoms with Crippen LogP contribution in [0, 0.1) is 0 Å². The van der Waals surface area contributed by atoms with Gasteiger partial charge in [0.2, 0.25) is 5.95 Å². The number of hydrogen-bond donors (Lipinski definition) is 2. The van der Waals surface area contributed by atoms with Gasteiger partial charge in [-0.2, -0.15) is 4.98 Å². The average molecular weight is 348 g/mol. The van der Waals surface area contributed by atoms with Crippen LogP contribution in [0.25, 0.3) is 0 Å². The van der Waals surface area contributed by atoms with Gasteiger partial charge in [0.05, 0.1) is 13.2 Å². The molecule has 1 saturated heterocycles. The van der Waals surface area contributed by atoms with Crippen LogP contribution in [0.1, 0.15) is 5.56 Å². The van der Waals surface area contributed by atoms with Crippen LogP contribution in [0.5, 0.6) is 0 Å². The van der Waals surface area contributed by atoms with Gasteiger partial charge < -0.3 is 15.4 Å². The Bertz CT molecular complexity index is 631. The van der Waals surface area contributed by atoms with Crippen molar-refractivity contribution in [1.82, 2.24) is 14.9 Å². The fourth-order valence-electron chi connectivity index (χ4n) is 2.49. The van der Waals surface area contributed by atoms with Crippen molar-refractivity contribution in [1.29, 1.82) is 0 Å². The minimum Gasteiger partial charge on any atom is -0.379 e. The molecule has 0 bridgehead atoms. The highest BCUT2D eigenvalue weighted by molar-refractivity contribution is 6.30. The van der Waals surface area contributed by atoms with Crippen LogP contribution in [0.2, 0.25) is 5.02 Å². The highest BCUT2D eigenvalue weighted by Crippen LogP contribution is 2.11. The molecule has 1 aliphatic heterocycles. The van der Waals surface area contributed by atoms with E-state index in [-0.39, 0.29) is 0 Å². The molecule has 0 radical (unpaired) electrons. The lowest BCUT2D eigenvalue weighted by Crippen LogP contribution is -2.39. The summed E-state index contributed by atoms with van der Waals surface area (Å²) in [5, 5.41) is 7.31. The average Bonchev–Trinajstić information content (AvgIpc) is 2.63. The van der Waals surface area contributed by atoms with Crippen LogP contribution in [-0.4, -0.2) is 54.3 Å². The zero-order valence-corrected chi connectivity index (χ0v) is 14.3. The van der Waals surface area contributed by atoms with Gasteiger partial charge in [-0.25, -0.2) is 4.98 Å². The summed E-state index contributed by atoms with van der Waals surface area (Å²) in [7, 11) is 0. The Morgan fingerprint density at radius 1 is 1.08 bits per heavy atom. The van der Waals surface area contributed by atoms with Crippen molar-refractivity contribution in [2.24, 2.45) is 0 Å². The summed E-state index contributed by atoms with van der Waals surface area (Å²) in [6.45, 7) is 6.15. The van der Waals surface area contributed by atoms with Gasteiger partial charge in [0.25, 0.3) is 0 Å². The molecule has 0 saturated carbocycles. The summed E-state index contributed by atoms with van der Waals surface area (Å²) in [6.07, 6.45) is 1.76. The van der Waals surface area contributed by atoms with Crippen LogP contribution in [0.4, 0.5) is 11.8 Å². The summed E-state index contributed by atoms with van der Waals surface area (Å²) in [6, 6.07) is 9.61. The molecule has 128 valence electrons. The Kier molecular flexibility index (Phi) is 6.23. The minimum absolute atomic E-state index is 0.612. The molecular formula is C17H22ClN5O. The van der Waals surface area contributed by atoms with Crippen LogP contribution >= 0.6 is 11.6 Å². The summed E-state index contributed by atoms with van der Waals surface area (Å²) in [5.74, 6) is 1.44. The fourth-order valence-corrected chi connectivity index (χ4v) is 2.62. The second-order valence-electron chi connectivity index (χ2n) is 5.63. The van der Waals surface area contributed by atoms with E-state index >= 15 is 0 Å². The molecule has 24 heavy (non-hydrogen) atoms. The Hall–Kier alpha value is -1.89. The van der Waals surface area contributed by atoms with Crippen molar-refractivity contribution < 1.29 is 4.74 Å². The Labute approximate surface area is 147 Å². The van der Waals surface area contributed by atoms with Crippen molar-refractivity contribution >= 4 is 23.4 Å². The molecule has 0 amide bonds. The van der Waals surface area contributed by atoms with Gasteiger partial charge in [-0.05, 0) is 23.8 Å². The van der Waals surface area contributed by atoms with Gasteiger partial charge >= 0.3 is 0 Å². The molecule has 3 rings (SSSR count). The zero-order valence-electron chi connectivity index (χ0n) is 13.5. The first kappa shape index (κ1) is 17.0. The Morgan fingerprint density at radius 3 is 2.67 bits per heavy atom. The van der Waals surface area contributed by atoms with Gasteiger partial charge in [-0.1, -0.05) is 23.7 Å². The van der Waals surface area contributed by atoms with Crippen molar-refractivity contribution in [3.8, 4) is 0 Å². The van der Waals surface area contributed by atoms with E-state index in [4.69, 9.17) is 16.3 Å². The Morgan fingerprint density at radius 2 is 1.88 bits per heavy atom. The van der Waals surface area contributed by atoms with E-state index in [1.807, 2.05) is 30.3 Å². The smallest absolute Gasteiger partial charge is 0.224 e. The van der Waals surface area contributed by atoms with E-state index in [2.05, 4.69) is 25.5 Å².